The zero-order chi connectivity index (χ0) is 28.9. The molecule has 3 N–H and O–H groups in total. The zero-order valence-electron chi connectivity index (χ0n) is 21.6. The number of rotatable bonds is 8. The van der Waals surface area contributed by atoms with Crippen molar-refractivity contribution in [3.05, 3.63) is 106 Å². The molecule has 0 fully saturated rings. The molecule has 2 aromatic carbocycles. The molecule has 206 valence electrons. The average molecular weight is 567 g/mol. The number of furan rings is 1. The number of carbonyl (C=O) groups is 2. The number of aryl methyl sites for hydroxylation is 1. The number of nitriles is 1. The Bertz CT molecular complexity index is 1500. The molecule has 4 rings (SSSR count). The Labute approximate surface area is 233 Å². The van der Waals surface area contributed by atoms with Gasteiger partial charge in [0.1, 0.15) is 5.76 Å². The number of hydrogen-bond acceptors (Lipinski definition) is 6. The SMILES string of the molecule is CCc1ccc(NC(=O)C2=C(C)NC(SCC(=O)Nc3cccc(C(F)(F)F)c3)=C(C#N)[C@H]2c2ccco2)cc1. The van der Waals surface area contributed by atoms with Crippen LogP contribution in [0.15, 0.2) is 93.2 Å². The molecule has 1 aromatic heterocycles. The van der Waals surface area contributed by atoms with Gasteiger partial charge in [-0.1, -0.05) is 36.9 Å². The van der Waals surface area contributed by atoms with E-state index in [1.54, 1.807) is 31.2 Å². The van der Waals surface area contributed by atoms with Crippen molar-refractivity contribution < 1.29 is 27.2 Å². The van der Waals surface area contributed by atoms with Crippen LogP contribution in [-0.4, -0.2) is 17.6 Å². The van der Waals surface area contributed by atoms with Crippen LogP contribution in [0.25, 0.3) is 0 Å². The van der Waals surface area contributed by atoms with Crippen molar-refractivity contribution in [3.8, 4) is 6.07 Å². The third-order valence-electron chi connectivity index (χ3n) is 6.16. The van der Waals surface area contributed by atoms with Gasteiger partial charge in [0.15, 0.2) is 0 Å². The number of nitrogens with one attached hydrogen (secondary N) is 3. The summed E-state index contributed by atoms with van der Waals surface area (Å²) in [4.78, 5) is 26.0. The number of amides is 2. The number of alkyl halides is 3. The summed E-state index contributed by atoms with van der Waals surface area (Å²) in [5.41, 5.74) is 1.75. The van der Waals surface area contributed by atoms with Crippen LogP contribution >= 0.6 is 11.8 Å². The smallest absolute Gasteiger partial charge is 0.416 e. The fraction of sp³-hybridized carbons (Fsp3) is 0.207. The molecule has 1 atom stereocenters. The van der Waals surface area contributed by atoms with Crippen molar-refractivity contribution in [2.75, 3.05) is 16.4 Å². The lowest BCUT2D eigenvalue weighted by molar-refractivity contribution is -0.137. The Morgan fingerprint density at radius 2 is 1.82 bits per heavy atom. The first-order valence-electron chi connectivity index (χ1n) is 12.3. The molecule has 0 spiro atoms. The van der Waals surface area contributed by atoms with Gasteiger partial charge in [0, 0.05) is 17.1 Å². The van der Waals surface area contributed by atoms with Gasteiger partial charge in [0.05, 0.1) is 45.7 Å². The van der Waals surface area contributed by atoms with Crippen molar-refractivity contribution in [1.29, 1.82) is 5.26 Å². The summed E-state index contributed by atoms with van der Waals surface area (Å²) in [5, 5.41) is 18.8. The lowest BCUT2D eigenvalue weighted by Crippen LogP contribution is -2.31. The lowest BCUT2D eigenvalue weighted by Gasteiger charge is -2.28. The van der Waals surface area contributed by atoms with E-state index in [9.17, 15) is 28.0 Å². The van der Waals surface area contributed by atoms with E-state index in [0.29, 0.717) is 22.2 Å². The molecule has 3 aromatic rings. The van der Waals surface area contributed by atoms with Crippen molar-refractivity contribution in [1.82, 2.24) is 5.32 Å². The van der Waals surface area contributed by atoms with Gasteiger partial charge >= 0.3 is 6.18 Å². The van der Waals surface area contributed by atoms with Crippen LogP contribution in [-0.2, 0) is 22.2 Å². The Morgan fingerprint density at radius 3 is 2.45 bits per heavy atom. The highest BCUT2D eigenvalue weighted by atomic mass is 32.2. The zero-order valence-corrected chi connectivity index (χ0v) is 22.4. The summed E-state index contributed by atoms with van der Waals surface area (Å²) >= 11 is 0.998. The minimum absolute atomic E-state index is 0.00183. The van der Waals surface area contributed by atoms with Crippen LogP contribution in [0.3, 0.4) is 0 Å². The van der Waals surface area contributed by atoms with Gasteiger partial charge in [-0.15, -0.1) is 0 Å². The first-order chi connectivity index (χ1) is 19.1. The van der Waals surface area contributed by atoms with Gasteiger partial charge in [-0.25, -0.2) is 0 Å². The minimum Gasteiger partial charge on any atom is -0.468 e. The monoisotopic (exact) mass is 566 g/mol. The molecule has 2 amide bonds. The quantitative estimate of drug-likeness (QED) is 0.285. The van der Waals surface area contributed by atoms with Crippen molar-refractivity contribution in [3.63, 3.8) is 0 Å². The molecule has 0 unspecified atom stereocenters. The second-order valence-electron chi connectivity index (χ2n) is 8.89. The molecule has 0 bridgehead atoms. The van der Waals surface area contributed by atoms with Gasteiger partial charge in [-0.05, 0) is 61.4 Å². The minimum atomic E-state index is -4.54. The number of dihydropyridines is 1. The van der Waals surface area contributed by atoms with Gasteiger partial charge in [0.25, 0.3) is 5.91 Å². The number of carbonyl (C=O) groups excluding carboxylic acids is 2. The number of anilines is 2. The Morgan fingerprint density at radius 1 is 1.07 bits per heavy atom. The summed E-state index contributed by atoms with van der Waals surface area (Å²) in [6, 6.07) is 17.2. The van der Waals surface area contributed by atoms with Crippen LogP contribution in [0.4, 0.5) is 24.5 Å². The Kier molecular flexibility index (Phi) is 8.70. The number of halogens is 3. The van der Waals surface area contributed by atoms with E-state index in [1.807, 2.05) is 19.1 Å². The molecule has 11 heteroatoms. The van der Waals surface area contributed by atoms with Crippen LogP contribution < -0.4 is 16.0 Å². The molecular formula is C29H25F3N4O3S. The molecule has 0 aliphatic carbocycles. The van der Waals surface area contributed by atoms with E-state index in [-0.39, 0.29) is 22.6 Å². The van der Waals surface area contributed by atoms with E-state index in [0.717, 1.165) is 35.9 Å². The molecular weight excluding hydrogens is 541 g/mol. The van der Waals surface area contributed by atoms with Crippen LogP contribution in [0, 0.1) is 11.3 Å². The largest absolute Gasteiger partial charge is 0.468 e. The maximum atomic E-state index is 13.4. The summed E-state index contributed by atoms with van der Waals surface area (Å²) in [5.74, 6) is -1.66. The van der Waals surface area contributed by atoms with Gasteiger partial charge in [-0.3, -0.25) is 9.59 Å². The molecule has 7 nitrogen and oxygen atoms in total. The van der Waals surface area contributed by atoms with Gasteiger partial charge in [0.2, 0.25) is 5.91 Å². The highest BCUT2D eigenvalue weighted by Gasteiger charge is 2.36. The van der Waals surface area contributed by atoms with Crippen LogP contribution in [0.1, 0.15) is 36.7 Å². The molecule has 0 saturated heterocycles. The number of benzene rings is 2. The number of thioether (sulfide) groups is 1. The summed E-state index contributed by atoms with van der Waals surface area (Å²) in [6.45, 7) is 3.71. The lowest BCUT2D eigenvalue weighted by atomic mass is 9.85. The third-order valence-corrected chi connectivity index (χ3v) is 7.18. The molecule has 40 heavy (non-hydrogen) atoms. The molecule has 0 saturated carbocycles. The molecule has 1 aliphatic rings. The molecule has 1 aliphatic heterocycles. The van der Waals surface area contributed by atoms with Crippen molar-refractivity contribution >= 4 is 35.0 Å². The standard InChI is InChI=1S/C29H25F3N4O3S/c1-3-18-9-11-20(12-10-18)36-27(38)25-17(2)34-28(22(15-33)26(25)23-8-5-13-39-23)40-16-24(37)35-21-7-4-6-19(14-21)29(30,31)32/h4-14,26,34H,3,16H2,1-2H3,(H,35,37)(H,36,38)/t26-/m0/s1. The molecule has 0 radical (unpaired) electrons. The van der Waals surface area contributed by atoms with E-state index in [1.165, 1.54) is 18.4 Å². The number of nitrogens with zero attached hydrogens (tertiary/aromatic N) is 1. The number of hydrogen-bond donors (Lipinski definition) is 3. The second kappa shape index (κ2) is 12.2. The topological polar surface area (TPSA) is 107 Å². The second-order valence-corrected chi connectivity index (χ2v) is 9.87. The maximum Gasteiger partial charge on any atom is 0.416 e. The predicted octanol–water partition coefficient (Wildman–Crippen LogP) is 6.57. The average Bonchev–Trinajstić information content (AvgIpc) is 3.46. The van der Waals surface area contributed by atoms with Crippen LogP contribution in [0.5, 0.6) is 0 Å². The highest BCUT2D eigenvalue weighted by Crippen LogP contribution is 2.41. The van der Waals surface area contributed by atoms with E-state index in [2.05, 4.69) is 22.0 Å². The first-order valence-corrected chi connectivity index (χ1v) is 13.2. The van der Waals surface area contributed by atoms with Crippen molar-refractivity contribution in [2.24, 2.45) is 0 Å². The Hall–Kier alpha value is -4.43. The van der Waals surface area contributed by atoms with Crippen molar-refractivity contribution in [2.45, 2.75) is 32.4 Å². The van der Waals surface area contributed by atoms with Gasteiger partial charge < -0.3 is 20.4 Å². The summed E-state index contributed by atoms with van der Waals surface area (Å²) in [6.07, 6.45) is -2.24. The van der Waals surface area contributed by atoms with E-state index >= 15 is 0 Å². The van der Waals surface area contributed by atoms with E-state index in [4.69, 9.17) is 4.42 Å². The number of allylic oxidation sites excluding steroid dienone is 2. The van der Waals surface area contributed by atoms with Crippen LogP contribution in [0.2, 0.25) is 0 Å². The third kappa shape index (κ3) is 6.58. The summed E-state index contributed by atoms with van der Waals surface area (Å²) < 4.78 is 44.6. The highest BCUT2D eigenvalue weighted by molar-refractivity contribution is 8.03. The maximum absolute atomic E-state index is 13.4. The van der Waals surface area contributed by atoms with E-state index < -0.39 is 29.5 Å². The predicted molar refractivity (Wildman–Crippen MR) is 147 cm³/mol. The normalized spacial score (nSPS) is 15.3. The fourth-order valence-electron chi connectivity index (χ4n) is 4.20. The summed E-state index contributed by atoms with van der Waals surface area (Å²) in [7, 11) is 0. The fourth-order valence-corrected chi connectivity index (χ4v) is 5.09. The Balaban J connectivity index is 1.54. The van der Waals surface area contributed by atoms with Gasteiger partial charge in [-0.2, -0.15) is 18.4 Å². The molecule has 2 heterocycles. The first kappa shape index (κ1) is 28.6.